The number of nitrogens with one attached hydrogen (secondary N) is 1. The van der Waals surface area contributed by atoms with Crippen LogP contribution in [0.15, 0.2) is 66.9 Å². The second-order valence-electron chi connectivity index (χ2n) is 9.34. The SMILES string of the molecule is c1cnc2c(c1)CCCC2N(Cc1nc2ccccc2[nH]1)c1ccc(CN2CCOCC2)cc1. The van der Waals surface area contributed by atoms with Gasteiger partial charge in [-0.05, 0) is 60.7 Å². The number of morpholine rings is 1. The zero-order valence-electron chi connectivity index (χ0n) is 19.5. The van der Waals surface area contributed by atoms with E-state index < -0.39 is 0 Å². The molecule has 34 heavy (non-hydrogen) atoms. The normalized spacial score (nSPS) is 18.6. The minimum absolute atomic E-state index is 0.239. The number of aromatic nitrogens is 3. The molecule has 0 amide bonds. The Labute approximate surface area is 200 Å². The Bertz CT molecular complexity index is 1210. The number of nitrogens with zero attached hydrogens (tertiary/aromatic N) is 4. The van der Waals surface area contributed by atoms with Crippen molar-refractivity contribution in [3.63, 3.8) is 0 Å². The number of para-hydroxylation sites is 2. The minimum atomic E-state index is 0.239. The fourth-order valence-electron chi connectivity index (χ4n) is 5.32. The predicted octanol–water partition coefficient (Wildman–Crippen LogP) is 4.87. The Morgan fingerprint density at radius 3 is 2.71 bits per heavy atom. The fraction of sp³-hybridized carbons (Fsp3) is 0.357. The number of H-pyrrole nitrogens is 1. The number of ether oxygens (including phenoxy) is 1. The molecule has 4 aromatic rings. The molecule has 2 aliphatic rings. The third kappa shape index (κ3) is 4.43. The van der Waals surface area contributed by atoms with Gasteiger partial charge in [-0.25, -0.2) is 4.98 Å². The summed E-state index contributed by atoms with van der Waals surface area (Å²) < 4.78 is 5.50. The molecule has 0 spiro atoms. The summed E-state index contributed by atoms with van der Waals surface area (Å²) >= 11 is 0. The van der Waals surface area contributed by atoms with Crippen LogP contribution in [0.4, 0.5) is 5.69 Å². The van der Waals surface area contributed by atoms with Crippen LogP contribution in [-0.2, 0) is 24.2 Å². The second kappa shape index (κ2) is 9.57. The van der Waals surface area contributed by atoms with Crippen molar-refractivity contribution in [2.24, 2.45) is 0 Å². The summed E-state index contributed by atoms with van der Waals surface area (Å²) in [7, 11) is 0. The van der Waals surface area contributed by atoms with Gasteiger partial charge in [-0.15, -0.1) is 0 Å². The van der Waals surface area contributed by atoms with Crippen molar-refractivity contribution in [3.8, 4) is 0 Å². The number of benzene rings is 2. The van der Waals surface area contributed by atoms with Crippen LogP contribution in [0.25, 0.3) is 11.0 Å². The van der Waals surface area contributed by atoms with Crippen LogP contribution in [0.3, 0.4) is 0 Å². The Kier molecular flexibility index (Phi) is 6.00. The molecule has 174 valence electrons. The van der Waals surface area contributed by atoms with E-state index in [1.165, 1.54) is 28.9 Å². The van der Waals surface area contributed by atoms with E-state index in [1.54, 1.807) is 0 Å². The molecule has 1 aliphatic carbocycles. The maximum atomic E-state index is 5.50. The Morgan fingerprint density at radius 1 is 1.00 bits per heavy atom. The molecule has 6 nitrogen and oxygen atoms in total. The van der Waals surface area contributed by atoms with Crippen LogP contribution in [0, 0.1) is 0 Å². The quantitative estimate of drug-likeness (QED) is 0.451. The molecule has 0 saturated carbocycles. The first-order chi connectivity index (χ1) is 16.8. The lowest BCUT2D eigenvalue weighted by Crippen LogP contribution is -2.35. The van der Waals surface area contributed by atoms with E-state index in [1.807, 2.05) is 12.3 Å². The number of imidazole rings is 1. The monoisotopic (exact) mass is 453 g/mol. The van der Waals surface area contributed by atoms with E-state index in [0.717, 1.165) is 69.1 Å². The van der Waals surface area contributed by atoms with Crippen molar-refractivity contribution >= 4 is 16.7 Å². The second-order valence-corrected chi connectivity index (χ2v) is 9.34. The van der Waals surface area contributed by atoms with Crippen LogP contribution in [0.2, 0.25) is 0 Å². The standard InChI is InChI=1S/C28H31N5O/c1-2-8-25-24(7-1)30-27(31-25)20-33(26-9-3-5-22-6-4-14-29-28(22)26)23-12-10-21(11-13-23)19-32-15-17-34-18-16-32/h1-2,4,6-8,10-14,26H,3,5,9,15-20H2,(H,30,31). The first kappa shape index (κ1) is 21.3. The largest absolute Gasteiger partial charge is 0.379 e. The highest BCUT2D eigenvalue weighted by atomic mass is 16.5. The van der Waals surface area contributed by atoms with Gasteiger partial charge in [0.2, 0.25) is 0 Å². The van der Waals surface area contributed by atoms with Crippen molar-refractivity contribution in [1.29, 1.82) is 0 Å². The molecule has 1 saturated heterocycles. The third-order valence-electron chi connectivity index (χ3n) is 7.08. The summed E-state index contributed by atoms with van der Waals surface area (Å²) in [4.78, 5) is 18.2. The molecular weight excluding hydrogens is 422 g/mol. The summed E-state index contributed by atoms with van der Waals surface area (Å²) in [5, 5.41) is 0. The van der Waals surface area contributed by atoms with Crippen molar-refractivity contribution in [2.45, 2.75) is 38.4 Å². The predicted molar refractivity (Wildman–Crippen MR) is 135 cm³/mol. The van der Waals surface area contributed by atoms with Crippen molar-refractivity contribution in [1.82, 2.24) is 19.9 Å². The lowest BCUT2D eigenvalue weighted by molar-refractivity contribution is 0.0342. The topological polar surface area (TPSA) is 57.3 Å². The summed E-state index contributed by atoms with van der Waals surface area (Å²) in [5.74, 6) is 0.988. The maximum absolute atomic E-state index is 5.50. The van der Waals surface area contributed by atoms with Gasteiger partial charge in [0, 0.05) is 31.5 Å². The van der Waals surface area contributed by atoms with Gasteiger partial charge >= 0.3 is 0 Å². The van der Waals surface area contributed by atoms with Gasteiger partial charge in [0.25, 0.3) is 0 Å². The van der Waals surface area contributed by atoms with Gasteiger partial charge in [0.1, 0.15) is 5.82 Å². The van der Waals surface area contributed by atoms with Gasteiger partial charge in [-0.1, -0.05) is 30.3 Å². The molecule has 1 atom stereocenters. The number of pyridine rings is 1. The average Bonchev–Trinajstić information content (AvgIpc) is 3.31. The van der Waals surface area contributed by atoms with E-state index in [2.05, 4.69) is 69.4 Å². The van der Waals surface area contributed by atoms with Crippen molar-refractivity contribution in [2.75, 3.05) is 31.2 Å². The number of hydrogen-bond donors (Lipinski definition) is 1. The smallest absolute Gasteiger partial charge is 0.126 e. The molecule has 2 aromatic heterocycles. The maximum Gasteiger partial charge on any atom is 0.126 e. The van der Waals surface area contributed by atoms with Crippen LogP contribution in [0.5, 0.6) is 0 Å². The van der Waals surface area contributed by atoms with Gasteiger partial charge in [0.15, 0.2) is 0 Å². The molecular formula is C28H31N5O. The molecule has 0 bridgehead atoms. The summed E-state index contributed by atoms with van der Waals surface area (Å²) in [6, 6.07) is 21.9. The highest BCUT2D eigenvalue weighted by molar-refractivity contribution is 5.74. The molecule has 1 aliphatic heterocycles. The number of aromatic amines is 1. The number of rotatable bonds is 6. The minimum Gasteiger partial charge on any atom is -0.379 e. The number of anilines is 1. The highest BCUT2D eigenvalue weighted by Crippen LogP contribution is 2.37. The van der Waals surface area contributed by atoms with Gasteiger partial charge in [-0.3, -0.25) is 9.88 Å². The summed E-state index contributed by atoms with van der Waals surface area (Å²) in [6.07, 6.45) is 5.31. The van der Waals surface area contributed by atoms with Crippen LogP contribution < -0.4 is 4.90 Å². The molecule has 3 heterocycles. The van der Waals surface area contributed by atoms with E-state index in [-0.39, 0.29) is 6.04 Å². The van der Waals surface area contributed by atoms with Crippen molar-refractivity contribution in [3.05, 3.63) is 89.5 Å². The molecule has 6 rings (SSSR count). The van der Waals surface area contributed by atoms with Crippen LogP contribution in [0.1, 0.15) is 41.5 Å². The average molecular weight is 454 g/mol. The Balaban J connectivity index is 1.31. The van der Waals surface area contributed by atoms with E-state index in [4.69, 9.17) is 14.7 Å². The van der Waals surface area contributed by atoms with Crippen LogP contribution >= 0.6 is 0 Å². The van der Waals surface area contributed by atoms with Crippen LogP contribution in [-0.4, -0.2) is 46.2 Å². The first-order valence-corrected chi connectivity index (χ1v) is 12.4. The zero-order valence-corrected chi connectivity index (χ0v) is 19.5. The summed E-state index contributed by atoms with van der Waals surface area (Å²) in [6.45, 7) is 5.36. The van der Waals surface area contributed by atoms with Crippen molar-refractivity contribution < 1.29 is 4.74 Å². The first-order valence-electron chi connectivity index (χ1n) is 12.4. The number of hydrogen-bond acceptors (Lipinski definition) is 5. The molecule has 1 fully saturated rings. The van der Waals surface area contributed by atoms with E-state index in [9.17, 15) is 0 Å². The lowest BCUT2D eigenvalue weighted by atomic mass is 9.90. The van der Waals surface area contributed by atoms with E-state index >= 15 is 0 Å². The molecule has 6 heteroatoms. The molecule has 1 N–H and O–H groups in total. The third-order valence-corrected chi connectivity index (χ3v) is 7.08. The Hall–Kier alpha value is -3.22. The zero-order chi connectivity index (χ0) is 22.7. The number of fused-ring (bicyclic) bond motifs is 2. The number of aryl methyl sites for hydroxylation is 1. The molecule has 0 radical (unpaired) electrons. The molecule has 1 unspecified atom stereocenters. The lowest BCUT2D eigenvalue weighted by Gasteiger charge is -2.36. The van der Waals surface area contributed by atoms with E-state index in [0.29, 0.717) is 0 Å². The Morgan fingerprint density at radius 2 is 1.85 bits per heavy atom. The van der Waals surface area contributed by atoms with Gasteiger partial charge in [0.05, 0.1) is 42.5 Å². The highest BCUT2D eigenvalue weighted by Gasteiger charge is 2.28. The van der Waals surface area contributed by atoms with Gasteiger partial charge in [-0.2, -0.15) is 0 Å². The van der Waals surface area contributed by atoms with Gasteiger partial charge < -0.3 is 14.6 Å². The summed E-state index contributed by atoms with van der Waals surface area (Å²) in [5.41, 5.74) is 7.24. The molecule has 2 aromatic carbocycles. The fourth-order valence-corrected chi connectivity index (χ4v) is 5.32.